The molecule has 0 aliphatic rings. The number of nitrogens with one attached hydrogen (secondary N) is 2. The molecule has 0 aliphatic carbocycles. The first-order valence-corrected chi connectivity index (χ1v) is 27.4. The maximum Gasteiger partial charge on any atom is 0.307 e. The van der Waals surface area contributed by atoms with Crippen molar-refractivity contribution in [2.75, 3.05) is 10.6 Å². The number of hydrogen-bond donors (Lipinski definition) is 6. The Morgan fingerprint density at radius 2 is 1.04 bits per heavy atom. The van der Waals surface area contributed by atoms with Gasteiger partial charge in [0.1, 0.15) is 29.2 Å². The number of aliphatic hydroxyl groups is 1. The number of esters is 1. The Hall–Kier alpha value is -8.82. The first-order valence-electron chi connectivity index (χ1n) is 27.4. The number of phenolic OH excluding ortho intramolecular Hbond substituents is 2. The second-order valence-corrected chi connectivity index (χ2v) is 20.9. The fraction of sp³-hybridized carbons (Fsp3) is 0.273. The van der Waals surface area contributed by atoms with Crippen molar-refractivity contribution in [2.24, 2.45) is 0 Å². The molecule has 2 heterocycles. The highest BCUT2D eigenvalue weighted by molar-refractivity contribution is 6.14. The van der Waals surface area contributed by atoms with Crippen molar-refractivity contribution in [1.29, 1.82) is 0 Å². The number of aliphatic carboxylic acids is 1. The Morgan fingerprint density at radius 3 is 1.58 bits per heavy atom. The van der Waals surface area contributed by atoms with Crippen LogP contribution in [-0.2, 0) is 27.4 Å². The van der Waals surface area contributed by atoms with Crippen molar-refractivity contribution < 1.29 is 53.1 Å². The Labute approximate surface area is 470 Å². The summed E-state index contributed by atoms with van der Waals surface area (Å²) in [6.45, 7) is 8.50. The number of para-hydroxylation sites is 3. The average Bonchev–Trinajstić information content (AvgIpc) is 4.21. The minimum atomic E-state index is -1.20. The normalized spacial score (nSPS) is 12.1. The van der Waals surface area contributed by atoms with E-state index < -0.39 is 48.1 Å². The van der Waals surface area contributed by atoms with E-state index in [0.29, 0.717) is 99.6 Å². The highest BCUT2D eigenvalue weighted by Crippen LogP contribution is 2.45. The quantitative estimate of drug-likeness (QED) is 0.0184. The number of aromatic nitrogens is 2. The molecule has 0 fully saturated rings. The molecule has 0 aliphatic heterocycles. The Kier molecular flexibility index (Phi) is 19.4. The van der Waals surface area contributed by atoms with E-state index in [1.807, 2.05) is 80.8 Å². The molecule has 6 N–H and O–H groups in total. The second kappa shape index (κ2) is 26.9. The van der Waals surface area contributed by atoms with Crippen LogP contribution in [0.3, 0.4) is 0 Å². The van der Waals surface area contributed by atoms with E-state index in [9.17, 15) is 48.4 Å². The van der Waals surface area contributed by atoms with Gasteiger partial charge in [0.05, 0.1) is 40.7 Å². The number of carbonyl (C=O) groups excluding carboxylic acids is 3. The lowest BCUT2D eigenvalue weighted by Crippen LogP contribution is -2.27. The largest absolute Gasteiger partial charge is 0.508 e. The van der Waals surface area contributed by atoms with Crippen LogP contribution in [0, 0.1) is 11.6 Å². The average molecular weight is 1100 g/mol. The number of unbranched alkanes of at least 4 members (excludes halogenated alkanes) is 3. The minimum Gasteiger partial charge on any atom is -0.508 e. The lowest BCUT2D eigenvalue weighted by molar-refractivity contribution is -0.154. The topological polar surface area (TPSA) is 192 Å². The molecule has 6 aromatic carbocycles. The molecule has 0 bridgehead atoms. The summed E-state index contributed by atoms with van der Waals surface area (Å²) in [4.78, 5) is 54.7. The number of amides is 2. The smallest absolute Gasteiger partial charge is 0.307 e. The first-order chi connectivity index (χ1) is 39.0. The first kappa shape index (κ1) is 58.3. The molecule has 0 unspecified atom stereocenters. The van der Waals surface area contributed by atoms with Gasteiger partial charge in [-0.05, 0) is 138 Å². The van der Waals surface area contributed by atoms with Crippen LogP contribution in [0.4, 0.5) is 20.2 Å². The summed E-state index contributed by atoms with van der Waals surface area (Å²) in [6, 6.07) is 43.5. The number of nitrogens with zero attached hydrogens (tertiary/aromatic N) is 2. The van der Waals surface area contributed by atoms with Crippen molar-refractivity contribution in [1.82, 2.24) is 9.13 Å². The number of hydrogen-bond acceptors (Lipinski definition) is 8. The summed E-state index contributed by atoms with van der Waals surface area (Å²) in [5.41, 5.74) is 8.17. The van der Waals surface area contributed by atoms with Crippen LogP contribution in [0.2, 0.25) is 0 Å². The zero-order chi connectivity index (χ0) is 57.7. The van der Waals surface area contributed by atoms with Gasteiger partial charge in [-0.25, -0.2) is 8.78 Å². The molecule has 2 aromatic heterocycles. The Morgan fingerprint density at radius 1 is 0.556 bits per heavy atom. The highest BCUT2D eigenvalue weighted by Gasteiger charge is 2.33. The molecule has 15 heteroatoms. The van der Waals surface area contributed by atoms with Crippen LogP contribution >= 0.6 is 0 Å². The number of aromatic hydroxyl groups is 2. The maximum absolute atomic E-state index is 14.5. The van der Waals surface area contributed by atoms with Gasteiger partial charge in [-0.1, -0.05) is 113 Å². The summed E-state index contributed by atoms with van der Waals surface area (Å²) in [6.07, 6.45) is -0.622. The molecule has 81 heavy (non-hydrogen) atoms. The number of phenols is 2. The van der Waals surface area contributed by atoms with Crippen molar-refractivity contribution >= 4 is 35.1 Å². The summed E-state index contributed by atoms with van der Waals surface area (Å²) in [7, 11) is 0. The molecule has 8 aromatic rings. The third-order valence-electron chi connectivity index (χ3n) is 14.2. The molecule has 8 rings (SSSR count). The molecule has 0 spiro atoms. The lowest BCUT2D eigenvalue weighted by Gasteiger charge is -2.22. The minimum absolute atomic E-state index is 0.00626. The second-order valence-electron chi connectivity index (χ2n) is 20.9. The van der Waals surface area contributed by atoms with Crippen molar-refractivity contribution in [3.8, 4) is 56.3 Å². The van der Waals surface area contributed by atoms with Crippen LogP contribution in [0.5, 0.6) is 11.5 Å². The number of halogens is 2. The van der Waals surface area contributed by atoms with E-state index in [1.54, 1.807) is 66.7 Å². The SMILES string of the molecule is CC(C)c1c(C(=O)Nc2ccccc2)c(-c2ccccc2)c(-c2ccc(F)cc2)n1CC[C@@H](O)C[C@H](CC(=O)O)OC(=O)CCCCCCn1c(-c2ccc(F)cc2)c(-c2ccc(O)cc2)c(C(=O)Nc2ccccc2O)c1C(C)C. The van der Waals surface area contributed by atoms with Gasteiger partial charge in [-0.15, -0.1) is 0 Å². The van der Waals surface area contributed by atoms with Gasteiger partial charge in [0.25, 0.3) is 11.8 Å². The van der Waals surface area contributed by atoms with E-state index in [0.717, 1.165) is 5.56 Å². The number of carbonyl (C=O) groups is 4. The van der Waals surface area contributed by atoms with E-state index in [-0.39, 0.29) is 60.7 Å². The molecular formula is C66H68F2N4O9. The summed E-state index contributed by atoms with van der Waals surface area (Å²) in [5.74, 6) is -3.97. The number of aliphatic hydroxyl groups excluding tert-OH is 1. The number of carboxylic acid groups (broad SMARTS) is 1. The predicted molar refractivity (Wildman–Crippen MR) is 311 cm³/mol. The zero-order valence-electron chi connectivity index (χ0n) is 45.9. The number of carboxylic acids is 1. The maximum atomic E-state index is 14.5. The van der Waals surface area contributed by atoms with Crippen LogP contribution in [-0.4, -0.2) is 65.5 Å². The van der Waals surface area contributed by atoms with E-state index >= 15 is 0 Å². The lowest BCUT2D eigenvalue weighted by atomic mass is 9.94. The monoisotopic (exact) mass is 1100 g/mol. The van der Waals surface area contributed by atoms with E-state index in [1.165, 1.54) is 42.5 Å². The molecule has 0 saturated carbocycles. The molecule has 0 radical (unpaired) electrons. The van der Waals surface area contributed by atoms with Gasteiger partial charge < -0.3 is 44.9 Å². The summed E-state index contributed by atoms with van der Waals surface area (Å²) in [5, 5.41) is 48.5. The van der Waals surface area contributed by atoms with Crippen molar-refractivity contribution in [3.63, 3.8) is 0 Å². The third-order valence-corrected chi connectivity index (χ3v) is 14.2. The number of anilines is 2. The van der Waals surface area contributed by atoms with Crippen LogP contribution in [0.25, 0.3) is 44.8 Å². The summed E-state index contributed by atoms with van der Waals surface area (Å²) < 4.78 is 38.8. The third kappa shape index (κ3) is 14.3. The van der Waals surface area contributed by atoms with Gasteiger partial charge in [0.15, 0.2) is 0 Å². The fourth-order valence-corrected chi connectivity index (χ4v) is 10.7. The summed E-state index contributed by atoms with van der Waals surface area (Å²) >= 11 is 0. The molecule has 2 atom stereocenters. The number of benzene rings is 6. The standard InChI is InChI=1S/C66H68F2N4O9/c1-41(2)61-60(66(80)70-53-21-14-15-22-54(53)75)58(44-28-34-50(73)35-29-44)63(45-24-30-47(67)31-25-45)71(61)37-16-6-5-13-23-56(78)81-52(40-55(76)77)39-51(74)36-38-72-62(42(3)4)59(65(79)69-49-19-11-8-12-20-49)57(43-17-9-7-10-18-43)64(72)46-26-32-48(68)33-27-46/h7-12,14-15,17-22,24-35,41-42,51-52,73-75H,5-6,13,16,23,36-40H2,1-4H3,(H,69,79)(H,70,80)(H,76,77)/t51-,52-/m1/s1. The van der Waals surface area contributed by atoms with Gasteiger partial charge in [0, 0.05) is 54.1 Å². The Balaban J connectivity index is 0.974. The van der Waals surface area contributed by atoms with Gasteiger partial charge in [-0.3, -0.25) is 19.2 Å². The van der Waals surface area contributed by atoms with Crippen molar-refractivity contribution in [3.05, 3.63) is 192 Å². The molecule has 0 saturated heterocycles. The van der Waals surface area contributed by atoms with E-state index in [4.69, 9.17) is 4.74 Å². The van der Waals surface area contributed by atoms with Gasteiger partial charge >= 0.3 is 11.9 Å². The predicted octanol–water partition coefficient (Wildman–Crippen LogP) is 14.6. The van der Waals surface area contributed by atoms with Crippen molar-refractivity contribution in [2.45, 2.75) is 116 Å². The van der Waals surface area contributed by atoms with Gasteiger partial charge in [-0.2, -0.15) is 0 Å². The molecule has 420 valence electrons. The van der Waals surface area contributed by atoms with Crippen LogP contribution in [0.1, 0.15) is 123 Å². The molecular weight excluding hydrogens is 1030 g/mol. The fourth-order valence-electron chi connectivity index (χ4n) is 10.7. The van der Waals surface area contributed by atoms with Crippen LogP contribution in [0.15, 0.2) is 158 Å². The highest BCUT2D eigenvalue weighted by atomic mass is 19.1. The zero-order valence-corrected chi connectivity index (χ0v) is 45.9. The molecule has 13 nitrogen and oxygen atoms in total. The van der Waals surface area contributed by atoms with E-state index in [2.05, 4.69) is 15.2 Å². The Bertz CT molecular complexity index is 3450. The molecule has 2 amide bonds. The number of ether oxygens (including phenoxy) is 1. The van der Waals surface area contributed by atoms with Gasteiger partial charge in [0.2, 0.25) is 0 Å². The van der Waals surface area contributed by atoms with Crippen LogP contribution < -0.4 is 10.6 Å². The number of rotatable bonds is 25.